The lowest BCUT2D eigenvalue weighted by atomic mass is 10.1. The van der Waals surface area contributed by atoms with Crippen molar-refractivity contribution in [2.24, 2.45) is 0 Å². The minimum absolute atomic E-state index is 0.151. The third-order valence-corrected chi connectivity index (χ3v) is 6.27. The largest absolute Gasteiger partial charge is 0.493 e. The summed E-state index contributed by atoms with van der Waals surface area (Å²) in [5, 5.41) is 0. The van der Waals surface area contributed by atoms with Crippen LogP contribution in [0.1, 0.15) is 11.1 Å². The quantitative estimate of drug-likeness (QED) is 0.171. The summed E-state index contributed by atoms with van der Waals surface area (Å²) in [5.41, 5.74) is 1.80. The fourth-order valence-electron chi connectivity index (χ4n) is 3.33. The average Bonchev–Trinajstić information content (AvgIpc) is 3.10. The Bertz CT molecular complexity index is 1090. The molecule has 1 heterocycles. The first kappa shape index (κ1) is 25.4. The van der Waals surface area contributed by atoms with Gasteiger partial charge in [-0.2, -0.15) is 0 Å². The normalized spacial score (nSPS) is 14.3. The van der Waals surface area contributed by atoms with Gasteiger partial charge in [0.1, 0.15) is 23.3 Å². The van der Waals surface area contributed by atoms with Crippen molar-refractivity contribution in [3.63, 3.8) is 0 Å². The summed E-state index contributed by atoms with van der Waals surface area (Å²) in [6.45, 7) is 8.47. The standard InChI is InChI=1S/C26H27NO5S2/c1-5-9-19-10-7-8-11-20(19)31-13-14-32-24-21(29-3)15-18(16-22(24)30-4)17-23-25(28)27(12-6-2)26(33)34-23/h5-8,10-11,15-17H,1-2,9,12-14H2,3-4H3/b23-17-. The Kier molecular flexibility index (Phi) is 9.18. The van der Waals surface area contributed by atoms with Crippen LogP contribution in [0, 0.1) is 0 Å². The summed E-state index contributed by atoms with van der Waals surface area (Å²) in [4.78, 5) is 14.7. The van der Waals surface area contributed by atoms with Gasteiger partial charge in [0.05, 0.1) is 19.1 Å². The van der Waals surface area contributed by atoms with Crippen LogP contribution in [0.5, 0.6) is 23.0 Å². The molecule has 2 aromatic rings. The number of carbonyl (C=O) groups excluding carboxylic acids is 1. The topological polar surface area (TPSA) is 57.2 Å². The van der Waals surface area contributed by atoms with Gasteiger partial charge < -0.3 is 18.9 Å². The van der Waals surface area contributed by atoms with Crippen LogP contribution in [0.15, 0.2) is 66.6 Å². The van der Waals surface area contributed by atoms with Gasteiger partial charge in [-0.05, 0) is 41.8 Å². The van der Waals surface area contributed by atoms with Crippen molar-refractivity contribution in [3.05, 3.63) is 77.7 Å². The first-order valence-corrected chi connectivity index (χ1v) is 11.8. The second-order valence-electron chi connectivity index (χ2n) is 7.13. The number of amides is 1. The maximum absolute atomic E-state index is 12.6. The van der Waals surface area contributed by atoms with Crippen molar-refractivity contribution in [3.8, 4) is 23.0 Å². The molecule has 34 heavy (non-hydrogen) atoms. The van der Waals surface area contributed by atoms with E-state index in [1.807, 2.05) is 30.3 Å². The molecule has 0 unspecified atom stereocenters. The molecule has 0 aromatic heterocycles. The number of ether oxygens (including phenoxy) is 4. The molecular weight excluding hydrogens is 470 g/mol. The number of hydrogen-bond acceptors (Lipinski definition) is 7. The molecule has 0 radical (unpaired) electrons. The highest BCUT2D eigenvalue weighted by molar-refractivity contribution is 8.26. The van der Waals surface area contributed by atoms with Crippen molar-refractivity contribution >= 4 is 40.3 Å². The highest BCUT2D eigenvalue weighted by Gasteiger charge is 2.31. The van der Waals surface area contributed by atoms with E-state index >= 15 is 0 Å². The van der Waals surface area contributed by atoms with Crippen LogP contribution in [0.25, 0.3) is 6.08 Å². The maximum atomic E-state index is 12.6. The predicted octanol–water partition coefficient (Wildman–Crippen LogP) is 5.28. The molecular formula is C26H27NO5S2. The van der Waals surface area contributed by atoms with E-state index in [0.717, 1.165) is 23.3 Å². The van der Waals surface area contributed by atoms with Crippen LogP contribution in [-0.4, -0.2) is 49.1 Å². The number of hydrogen-bond donors (Lipinski definition) is 0. The highest BCUT2D eigenvalue weighted by Crippen LogP contribution is 2.40. The van der Waals surface area contributed by atoms with Crippen LogP contribution in [0.2, 0.25) is 0 Å². The van der Waals surface area contributed by atoms with Crippen molar-refractivity contribution in [1.82, 2.24) is 4.90 Å². The molecule has 1 amide bonds. The second-order valence-corrected chi connectivity index (χ2v) is 8.81. The van der Waals surface area contributed by atoms with Crippen molar-refractivity contribution in [2.45, 2.75) is 6.42 Å². The van der Waals surface area contributed by atoms with E-state index in [9.17, 15) is 4.79 Å². The molecule has 178 valence electrons. The van der Waals surface area contributed by atoms with Gasteiger partial charge >= 0.3 is 0 Å². The fraction of sp³-hybridized carbons (Fsp3) is 0.231. The molecule has 0 atom stereocenters. The van der Waals surface area contributed by atoms with Gasteiger partial charge in [0.15, 0.2) is 11.5 Å². The third kappa shape index (κ3) is 6.01. The number of benzene rings is 2. The highest BCUT2D eigenvalue weighted by atomic mass is 32.2. The molecule has 8 heteroatoms. The van der Waals surface area contributed by atoms with Crippen LogP contribution in [0.4, 0.5) is 0 Å². The molecule has 0 aliphatic carbocycles. The van der Waals surface area contributed by atoms with Crippen LogP contribution in [0.3, 0.4) is 0 Å². The van der Waals surface area contributed by atoms with Crippen molar-refractivity contribution in [2.75, 3.05) is 34.0 Å². The van der Waals surface area contributed by atoms with Gasteiger partial charge in [0.2, 0.25) is 5.75 Å². The van der Waals surface area contributed by atoms with Crippen LogP contribution < -0.4 is 18.9 Å². The summed E-state index contributed by atoms with van der Waals surface area (Å²) in [5.74, 6) is 2.08. The number of allylic oxidation sites excluding steroid dienone is 1. The van der Waals surface area contributed by atoms with Crippen molar-refractivity contribution < 1.29 is 23.7 Å². The van der Waals surface area contributed by atoms with Gasteiger partial charge in [-0.3, -0.25) is 9.69 Å². The molecule has 0 bridgehead atoms. The van der Waals surface area contributed by atoms with Gasteiger partial charge in [-0.25, -0.2) is 0 Å². The van der Waals surface area contributed by atoms with Gasteiger partial charge in [0, 0.05) is 6.54 Å². The van der Waals surface area contributed by atoms with E-state index in [-0.39, 0.29) is 12.5 Å². The van der Waals surface area contributed by atoms with Gasteiger partial charge in [0.25, 0.3) is 5.91 Å². The molecule has 0 N–H and O–H groups in total. The Balaban J connectivity index is 1.73. The molecule has 1 aliphatic rings. The molecule has 3 rings (SSSR count). The van der Waals surface area contributed by atoms with Gasteiger partial charge in [-0.15, -0.1) is 13.2 Å². The molecule has 6 nitrogen and oxygen atoms in total. The first-order chi connectivity index (χ1) is 16.5. The summed E-state index contributed by atoms with van der Waals surface area (Å²) in [6.07, 6.45) is 5.98. The zero-order valence-corrected chi connectivity index (χ0v) is 20.9. The van der Waals surface area contributed by atoms with E-state index < -0.39 is 0 Å². The van der Waals surface area contributed by atoms with E-state index in [2.05, 4.69) is 13.2 Å². The number of para-hydroxylation sites is 1. The zero-order valence-electron chi connectivity index (χ0n) is 19.2. The summed E-state index contributed by atoms with van der Waals surface area (Å²) in [7, 11) is 3.11. The smallest absolute Gasteiger partial charge is 0.266 e. The Morgan fingerprint density at radius 3 is 2.32 bits per heavy atom. The van der Waals surface area contributed by atoms with E-state index in [1.54, 1.807) is 38.5 Å². The average molecular weight is 498 g/mol. The van der Waals surface area contributed by atoms with E-state index in [4.69, 9.17) is 31.2 Å². The lowest BCUT2D eigenvalue weighted by Gasteiger charge is -2.16. The minimum Gasteiger partial charge on any atom is -0.493 e. The summed E-state index contributed by atoms with van der Waals surface area (Å²) in [6, 6.07) is 11.4. The fourth-order valence-corrected chi connectivity index (χ4v) is 4.60. The molecule has 1 fully saturated rings. The van der Waals surface area contributed by atoms with Crippen LogP contribution >= 0.6 is 24.0 Å². The molecule has 1 saturated heterocycles. The third-order valence-electron chi connectivity index (χ3n) is 4.89. The maximum Gasteiger partial charge on any atom is 0.266 e. The number of nitrogens with zero attached hydrogens (tertiary/aromatic N) is 1. The van der Waals surface area contributed by atoms with Crippen LogP contribution in [-0.2, 0) is 11.2 Å². The first-order valence-electron chi connectivity index (χ1n) is 10.6. The Morgan fingerprint density at radius 1 is 1.00 bits per heavy atom. The lowest BCUT2D eigenvalue weighted by Crippen LogP contribution is -2.27. The molecule has 0 spiro atoms. The lowest BCUT2D eigenvalue weighted by molar-refractivity contribution is -0.121. The number of rotatable bonds is 12. The Morgan fingerprint density at radius 2 is 1.68 bits per heavy atom. The number of thiocarbonyl (C=S) groups is 1. The monoisotopic (exact) mass is 497 g/mol. The minimum atomic E-state index is -0.151. The van der Waals surface area contributed by atoms with Gasteiger partial charge in [-0.1, -0.05) is 54.3 Å². The number of methoxy groups -OCH3 is 2. The molecule has 0 saturated carbocycles. The van der Waals surface area contributed by atoms with Crippen molar-refractivity contribution in [1.29, 1.82) is 0 Å². The Labute approximate surface area is 209 Å². The molecule has 1 aliphatic heterocycles. The predicted molar refractivity (Wildman–Crippen MR) is 141 cm³/mol. The molecule has 2 aromatic carbocycles. The van der Waals surface area contributed by atoms with E-state index in [0.29, 0.717) is 39.6 Å². The Hall–Kier alpha value is -3.23. The second kappa shape index (κ2) is 12.3. The summed E-state index contributed by atoms with van der Waals surface area (Å²) < 4.78 is 23.4. The number of carbonyl (C=O) groups is 1. The SMILES string of the molecule is C=CCc1ccccc1OCCOc1c(OC)cc(/C=C2\SC(=S)N(CC=C)C2=O)cc1OC. The van der Waals surface area contributed by atoms with E-state index in [1.165, 1.54) is 16.7 Å². The summed E-state index contributed by atoms with van der Waals surface area (Å²) >= 11 is 6.56. The number of thioether (sulfide) groups is 1. The zero-order chi connectivity index (χ0) is 24.5.